The van der Waals surface area contributed by atoms with Crippen molar-refractivity contribution in [1.29, 1.82) is 0 Å². The van der Waals surface area contributed by atoms with Gasteiger partial charge in [-0.05, 0) is 79.6 Å². The number of rotatable bonds is 27. The van der Waals surface area contributed by atoms with Crippen LogP contribution in [0.15, 0.2) is 60.9 Å². The Morgan fingerprint density at radius 1 is 0.892 bits per heavy atom. The van der Waals surface area contributed by atoms with Gasteiger partial charge in [0.2, 0.25) is 23.6 Å². The van der Waals surface area contributed by atoms with Crippen LogP contribution in [0.4, 0.5) is 11.4 Å². The maximum absolute atomic E-state index is 14.1. The normalized spacial score (nSPS) is 16.5. The molecule has 1 aliphatic heterocycles. The van der Waals surface area contributed by atoms with Gasteiger partial charge in [-0.2, -0.15) is 0 Å². The van der Waals surface area contributed by atoms with Crippen LogP contribution in [0.2, 0.25) is 0 Å². The smallest absolute Gasteiger partial charge is 0.369 e. The molecule has 406 valence electrons. The molecule has 0 radical (unpaired) electrons. The zero-order chi connectivity index (χ0) is 54.8. The number of anilines is 2. The van der Waals surface area contributed by atoms with Crippen LogP contribution in [0.3, 0.4) is 0 Å². The number of hydrogen-bond acceptors (Lipinski definition) is 14. The summed E-state index contributed by atoms with van der Waals surface area (Å²) >= 11 is 0. The molecule has 0 saturated heterocycles. The molecule has 5 amide bonds. The quantitative estimate of drug-likeness (QED) is 0.0285. The van der Waals surface area contributed by atoms with E-state index in [1.54, 1.807) is 25.1 Å². The number of aliphatic hydroxyl groups excluding tert-OH is 1. The third-order valence-corrected chi connectivity index (χ3v) is 16.2. The highest BCUT2D eigenvalue weighted by Gasteiger charge is 2.59. The van der Waals surface area contributed by atoms with E-state index in [1.807, 2.05) is 6.92 Å². The van der Waals surface area contributed by atoms with Gasteiger partial charge in [0.25, 0.3) is 11.0 Å². The summed E-state index contributed by atoms with van der Waals surface area (Å²) < 4.78 is 30.3. The number of pyridine rings is 1. The van der Waals surface area contributed by atoms with Crippen molar-refractivity contribution in [2.24, 2.45) is 17.4 Å². The standard InChI is InChI=1S/C48H68N8O16P2/c1-3-30(2)43-47(64)53-40(8-4-5-18-49)46(63)54-41-25-33(44(50)61)10-11-34(41)27-52-39-15-9-31(24-38(39)45(62)55-43)23-36(58)14-16-42(60)51-19-22-72-21-17-35(57)12-13-37(59)29-56-20-6-7-32(28-56)26-48(65,73(66,67)68)74(69,70)71/h6-7,9-11,15,20,24-25,28,30,37,40,43,59,65H,3-5,8,12-14,16-19,21-23,26-27,29,49H2,1-2H3,(H10-,50,51,52,53,54,55,60,61,62,63,64,66,67,68,69,70,71)/p+1/t30?,37?,40-,43-/m0/s1. The lowest BCUT2D eigenvalue weighted by atomic mass is 9.96. The molecule has 2 heterocycles. The molecule has 0 saturated carbocycles. The van der Waals surface area contributed by atoms with Crippen LogP contribution in [-0.2, 0) is 63.8 Å². The van der Waals surface area contributed by atoms with E-state index in [9.17, 15) is 72.5 Å². The van der Waals surface area contributed by atoms with E-state index in [0.717, 1.165) is 0 Å². The van der Waals surface area contributed by atoms with Crippen molar-refractivity contribution < 1.29 is 81.8 Å². The maximum Gasteiger partial charge on any atom is 0.369 e. The summed E-state index contributed by atoms with van der Waals surface area (Å²) in [6.45, 7) is 4.22. The van der Waals surface area contributed by atoms with Gasteiger partial charge in [-0.3, -0.25) is 42.7 Å². The van der Waals surface area contributed by atoms with Crippen LogP contribution in [0.25, 0.3) is 0 Å². The van der Waals surface area contributed by atoms with E-state index >= 15 is 0 Å². The predicted molar refractivity (Wildman–Crippen MR) is 269 cm³/mol. The molecule has 0 bridgehead atoms. The van der Waals surface area contributed by atoms with E-state index in [2.05, 4.69) is 26.6 Å². The molecule has 2 aromatic carbocycles. The molecule has 4 atom stereocenters. The van der Waals surface area contributed by atoms with Crippen molar-refractivity contribution in [2.45, 2.75) is 121 Å². The highest BCUT2D eigenvalue weighted by molar-refractivity contribution is 7.72. The van der Waals surface area contributed by atoms with E-state index in [4.69, 9.17) is 16.2 Å². The van der Waals surface area contributed by atoms with Gasteiger partial charge in [-0.25, -0.2) is 4.57 Å². The molecule has 26 heteroatoms. The number of aliphatic hydroxyl groups is 2. The number of aromatic nitrogens is 1. The fourth-order valence-corrected chi connectivity index (χ4v) is 9.97. The number of benzene rings is 2. The minimum absolute atomic E-state index is 0.0124. The van der Waals surface area contributed by atoms with Crippen molar-refractivity contribution >= 4 is 67.7 Å². The summed E-state index contributed by atoms with van der Waals surface area (Å²) in [5.74, 6) is -3.72. The van der Waals surface area contributed by atoms with E-state index in [1.165, 1.54) is 47.3 Å². The van der Waals surface area contributed by atoms with Crippen LogP contribution >= 0.6 is 15.2 Å². The fourth-order valence-electron chi connectivity index (χ4n) is 7.84. The van der Waals surface area contributed by atoms with Crippen LogP contribution < -0.4 is 42.6 Å². The van der Waals surface area contributed by atoms with Gasteiger partial charge in [0.1, 0.15) is 29.8 Å². The number of primary amides is 1. The van der Waals surface area contributed by atoms with Gasteiger partial charge in [-0.1, -0.05) is 32.4 Å². The monoisotopic (exact) mass is 1080 g/mol. The molecule has 15 N–H and O–H groups in total. The predicted octanol–water partition coefficient (Wildman–Crippen LogP) is 0.765. The number of amides is 5. The van der Waals surface area contributed by atoms with Crippen molar-refractivity contribution in [3.63, 3.8) is 0 Å². The van der Waals surface area contributed by atoms with Crippen molar-refractivity contribution in [2.75, 3.05) is 36.9 Å². The molecular formula is C48H69N8O16P2+. The first-order valence-corrected chi connectivity index (χ1v) is 27.4. The molecule has 1 aliphatic rings. The second-order valence-electron chi connectivity index (χ2n) is 18.2. The number of hydrogen-bond donors (Lipinski definition) is 13. The summed E-state index contributed by atoms with van der Waals surface area (Å²) in [7, 11) is -11.4. The molecule has 0 fully saturated rings. The molecule has 3 aromatic rings. The van der Waals surface area contributed by atoms with Crippen LogP contribution in [0.5, 0.6) is 0 Å². The van der Waals surface area contributed by atoms with Crippen LogP contribution in [0, 0.1) is 5.92 Å². The third kappa shape index (κ3) is 18.3. The SMILES string of the molecule is CCC(C)[C@@H]1NC(=O)c2cc(CC(=O)CCC(=O)NCCOCCC(=O)CCC(O)C[n+]3cccc(CC(O)(P(=O)(O)O)P(=O)(O)O)c3)ccc2NCc2ccc(C(N)=O)cc2NC(=O)[C@H](CCCCN)NC1=O. The van der Waals surface area contributed by atoms with Gasteiger partial charge in [0.05, 0.1) is 18.8 Å². The average Bonchev–Trinajstić information content (AvgIpc) is 3.33. The Kier molecular flexibility index (Phi) is 23.2. The molecule has 1 aromatic heterocycles. The molecule has 24 nitrogen and oxygen atoms in total. The molecule has 0 spiro atoms. The zero-order valence-electron chi connectivity index (χ0n) is 41.4. The summed E-state index contributed by atoms with van der Waals surface area (Å²) in [4.78, 5) is 130. The van der Waals surface area contributed by atoms with E-state index in [0.29, 0.717) is 42.6 Å². The lowest BCUT2D eigenvalue weighted by Crippen LogP contribution is -2.55. The Bertz CT molecular complexity index is 2570. The Morgan fingerprint density at radius 2 is 1.62 bits per heavy atom. The molecule has 0 aliphatic carbocycles. The number of fused-ring (bicyclic) bond motifs is 2. The maximum atomic E-state index is 14.1. The summed E-state index contributed by atoms with van der Waals surface area (Å²) in [5.41, 5.74) is 13.1. The Labute approximate surface area is 428 Å². The topological polar surface area (TPSA) is 400 Å². The number of unbranched alkanes of at least 4 members (excludes halogenated alkanes) is 1. The minimum atomic E-state index is -5.68. The highest BCUT2D eigenvalue weighted by Crippen LogP contribution is 2.68. The summed E-state index contributed by atoms with van der Waals surface area (Å²) in [6.07, 6.45) is 2.13. The van der Waals surface area contributed by atoms with E-state index in [-0.39, 0.29) is 118 Å². The third-order valence-electron chi connectivity index (χ3n) is 12.4. The second kappa shape index (κ2) is 28.2. The van der Waals surface area contributed by atoms with Gasteiger partial charge in [0.15, 0.2) is 18.9 Å². The number of nitrogens with two attached hydrogens (primary N) is 2. The zero-order valence-corrected chi connectivity index (χ0v) is 43.2. The number of carbonyl (C=O) groups is 7. The van der Waals surface area contributed by atoms with Gasteiger partial charge in [0, 0.05) is 80.2 Å². The first kappa shape index (κ1) is 60.8. The van der Waals surface area contributed by atoms with Crippen LogP contribution in [0.1, 0.15) is 109 Å². The van der Waals surface area contributed by atoms with Crippen LogP contribution in [-0.4, -0.2) is 120 Å². The van der Waals surface area contributed by atoms with E-state index < -0.39 is 74.4 Å². The first-order valence-electron chi connectivity index (χ1n) is 24.1. The number of nitrogens with one attached hydrogen (secondary N) is 5. The fraction of sp³-hybridized carbons (Fsp3) is 0.500. The minimum Gasteiger partial charge on any atom is -0.387 e. The highest BCUT2D eigenvalue weighted by atomic mass is 31.2. The number of nitrogens with zero attached hydrogens (tertiary/aromatic N) is 1. The molecule has 74 heavy (non-hydrogen) atoms. The van der Waals surface area contributed by atoms with Gasteiger partial charge >= 0.3 is 15.2 Å². The lowest BCUT2D eigenvalue weighted by Gasteiger charge is -2.28. The van der Waals surface area contributed by atoms with Gasteiger partial charge < -0.3 is 72.6 Å². The molecule has 4 rings (SSSR count). The number of ketones is 2. The summed E-state index contributed by atoms with van der Waals surface area (Å²) in [6, 6.07) is 9.98. The first-order chi connectivity index (χ1) is 34.8. The molecular weight excluding hydrogens is 1010 g/mol. The number of Topliss-reactive ketones (excluding diaryl/α,β-unsaturated/α-hetero) is 2. The lowest BCUT2D eigenvalue weighted by molar-refractivity contribution is -0.704. The second-order valence-corrected chi connectivity index (χ2v) is 22.3. The van der Waals surface area contributed by atoms with Crippen molar-refractivity contribution in [3.05, 3.63) is 88.7 Å². The van der Waals surface area contributed by atoms with Crippen molar-refractivity contribution in [1.82, 2.24) is 16.0 Å². The summed E-state index contributed by atoms with van der Waals surface area (Å²) in [5, 5.41) is 31.5. The van der Waals surface area contributed by atoms with Crippen molar-refractivity contribution in [3.8, 4) is 0 Å². The number of carbonyl (C=O) groups excluding carboxylic acids is 7. The van der Waals surface area contributed by atoms with Gasteiger partial charge in [-0.15, -0.1) is 0 Å². The Balaban J connectivity index is 1.28. The average molecular weight is 1080 g/mol. The number of ether oxygens (including phenoxy) is 1. The molecule has 2 unspecified atom stereocenters. The Hall–Kier alpha value is -5.78. The largest absolute Gasteiger partial charge is 0.387 e. The Morgan fingerprint density at radius 3 is 2.30 bits per heavy atom.